The van der Waals surface area contributed by atoms with E-state index in [1.165, 1.54) is 11.1 Å². The highest BCUT2D eigenvalue weighted by molar-refractivity contribution is 5.42. The van der Waals surface area contributed by atoms with Crippen LogP contribution in [0.2, 0.25) is 0 Å². The number of hydrogen-bond acceptors (Lipinski definition) is 1. The first-order valence-electron chi connectivity index (χ1n) is 8.02. The zero-order valence-electron chi connectivity index (χ0n) is 13.4. The van der Waals surface area contributed by atoms with Gasteiger partial charge >= 0.3 is 0 Å². The standard InChI is InChI=1S/C22H22O/c1-18-12-14-19(15-13-18)16-22(17-23,20-8-4-2-5-9-20)21-10-6-3-7-11-21/h2-15,23H,16-17H2,1H3. The maximum absolute atomic E-state index is 10.4. The molecule has 1 nitrogen and oxygen atoms in total. The van der Waals surface area contributed by atoms with Crippen molar-refractivity contribution in [1.82, 2.24) is 0 Å². The molecule has 0 amide bonds. The zero-order chi connectivity index (χ0) is 16.1. The third-order valence-corrected chi connectivity index (χ3v) is 4.55. The van der Waals surface area contributed by atoms with Crippen molar-refractivity contribution in [3.8, 4) is 0 Å². The molecule has 0 unspecified atom stereocenters. The second kappa shape index (κ2) is 6.80. The normalized spacial score (nSPS) is 11.4. The summed E-state index contributed by atoms with van der Waals surface area (Å²) in [6, 6.07) is 29.2. The van der Waals surface area contributed by atoms with Gasteiger partial charge in [-0.25, -0.2) is 0 Å². The molecular weight excluding hydrogens is 280 g/mol. The van der Waals surface area contributed by atoms with Crippen molar-refractivity contribution in [1.29, 1.82) is 0 Å². The molecular formula is C22H22O. The van der Waals surface area contributed by atoms with E-state index in [1.54, 1.807) is 0 Å². The molecule has 0 spiro atoms. The summed E-state index contributed by atoms with van der Waals surface area (Å²) in [5, 5.41) is 10.4. The summed E-state index contributed by atoms with van der Waals surface area (Å²) in [6.45, 7) is 2.17. The highest BCUT2D eigenvalue weighted by Gasteiger charge is 2.33. The van der Waals surface area contributed by atoms with Crippen molar-refractivity contribution in [3.63, 3.8) is 0 Å². The van der Waals surface area contributed by atoms with E-state index >= 15 is 0 Å². The van der Waals surface area contributed by atoms with E-state index in [2.05, 4.69) is 55.5 Å². The van der Waals surface area contributed by atoms with Gasteiger partial charge in [-0.3, -0.25) is 0 Å². The fourth-order valence-corrected chi connectivity index (χ4v) is 3.18. The minimum Gasteiger partial charge on any atom is -0.395 e. The van der Waals surface area contributed by atoms with Gasteiger partial charge < -0.3 is 5.11 Å². The minimum atomic E-state index is -0.419. The Bertz CT molecular complexity index is 690. The second-order valence-electron chi connectivity index (χ2n) is 6.13. The second-order valence-corrected chi connectivity index (χ2v) is 6.13. The Morgan fingerprint density at radius 2 is 1.17 bits per heavy atom. The van der Waals surface area contributed by atoms with Crippen LogP contribution < -0.4 is 0 Å². The molecule has 1 heteroatoms. The van der Waals surface area contributed by atoms with Crippen molar-refractivity contribution >= 4 is 0 Å². The van der Waals surface area contributed by atoms with Crippen LogP contribution in [0.15, 0.2) is 84.9 Å². The molecule has 0 saturated heterocycles. The average Bonchev–Trinajstić information content (AvgIpc) is 2.63. The molecule has 0 atom stereocenters. The van der Waals surface area contributed by atoms with Crippen LogP contribution in [0.5, 0.6) is 0 Å². The molecule has 0 aliphatic rings. The molecule has 0 aliphatic heterocycles. The lowest BCUT2D eigenvalue weighted by Crippen LogP contribution is -2.34. The average molecular weight is 302 g/mol. The van der Waals surface area contributed by atoms with E-state index in [9.17, 15) is 5.11 Å². The summed E-state index contributed by atoms with van der Waals surface area (Å²) in [4.78, 5) is 0. The predicted molar refractivity (Wildman–Crippen MR) is 95.6 cm³/mol. The molecule has 3 aromatic rings. The van der Waals surface area contributed by atoms with Crippen molar-refractivity contribution in [2.75, 3.05) is 6.61 Å². The maximum atomic E-state index is 10.4. The Kier molecular flexibility index (Phi) is 4.59. The van der Waals surface area contributed by atoms with Gasteiger partial charge in [0.15, 0.2) is 0 Å². The first-order valence-corrected chi connectivity index (χ1v) is 8.02. The Hall–Kier alpha value is -2.38. The summed E-state index contributed by atoms with van der Waals surface area (Å²) in [5.74, 6) is 0. The van der Waals surface area contributed by atoms with Crippen LogP contribution in [-0.2, 0) is 11.8 Å². The summed E-state index contributed by atoms with van der Waals surface area (Å²) < 4.78 is 0. The lowest BCUT2D eigenvalue weighted by molar-refractivity contribution is 0.218. The fraction of sp³-hybridized carbons (Fsp3) is 0.182. The van der Waals surface area contributed by atoms with E-state index in [4.69, 9.17) is 0 Å². The largest absolute Gasteiger partial charge is 0.395 e. The number of rotatable bonds is 5. The summed E-state index contributed by atoms with van der Waals surface area (Å²) in [5.41, 5.74) is 4.36. The first kappa shape index (κ1) is 15.5. The van der Waals surface area contributed by atoms with E-state index in [0.717, 1.165) is 17.5 Å². The number of hydrogen-bond donors (Lipinski definition) is 1. The van der Waals surface area contributed by atoms with Crippen molar-refractivity contribution in [2.45, 2.75) is 18.8 Å². The molecule has 0 saturated carbocycles. The SMILES string of the molecule is Cc1ccc(CC(CO)(c2ccccc2)c2ccccc2)cc1. The Morgan fingerprint density at radius 1 is 0.696 bits per heavy atom. The Balaban J connectivity index is 2.11. The predicted octanol–water partition coefficient (Wildman–Crippen LogP) is 4.52. The molecule has 3 rings (SSSR count). The number of aliphatic hydroxyl groups is 1. The molecule has 0 heterocycles. The monoisotopic (exact) mass is 302 g/mol. The van der Waals surface area contributed by atoms with Gasteiger partial charge in [-0.1, -0.05) is 90.5 Å². The summed E-state index contributed by atoms with van der Waals surface area (Å²) in [7, 11) is 0. The molecule has 0 fully saturated rings. The molecule has 0 radical (unpaired) electrons. The lowest BCUT2D eigenvalue weighted by atomic mass is 9.71. The Morgan fingerprint density at radius 3 is 1.61 bits per heavy atom. The van der Waals surface area contributed by atoms with Gasteiger partial charge in [0.2, 0.25) is 0 Å². The molecule has 116 valence electrons. The minimum absolute atomic E-state index is 0.0783. The van der Waals surface area contributed by atoms with Crippen LogP contribution in [-0.4, -0.2) is 11.7 Å². The van der Waals surface area contributed by atoms with Gasteiger partial charge in [-0.2, -0.15) is 0 Å². The molecule has 0 aliphatic carbocycles. The lowest BCUT2D eigenvalue weighted by Gasteiger charge is -2.33. The van der Waals surface area contributed by atoms with E-state index in [1.807, 2.05) is 36.4 Å². The van der Waals surface area contributed by atoms with Gasteiger partial charge in [0, 0.05) is 5.41 Å². The molecule has 0 bridgehead atoms. The summed E-state index contributed by atoms with van der Waals surface area (Å²) in [6.07, 6.45) is 0.776. The zero-order valence-corrected chi connectivity index (χ0v) is 13.4. The third kappa shape index (κ3) is 3.20. The van der Waals surface area contributed by atoms with Gasteiger partial charge in [-0.15, -0.1) is 0 Å². The van der Waals surface area contributed by atoms with Crippen LogP contribution in [0.4, 0.5) is 0 Å². The third-order valence-electron chi connectivity index (χ3n) is 4.55. The van der Waals surface area contributed by atoms with Crippen LogP contribution in [0, 0.1) is 6.92 Å². The van der Waals surface area contributed by atoms with Crippen LogP contribution in [0.25, 0.3) is 0 Å². The van der Waals surface area contributed by atoms with E-state index in [-0.39, 0.29) is 6.61 Å². The van der Waals surface area contributed by atoms with Gasteiger partial charge in [-0.05, 0) is 30.0 Å². The van der Waals surface area contributed by atoms with E-state index in [0.29, 0.717) is 0 Å². The Labute approximate surface area is 138 Å². The van der Waals surface area contributed by atoms with Crippen molar-refractivity contribution in [2.24, 2.45) is 0 Å². The topological polar surface area (TPSA) is 20.2 Å². The smallest absolute Gasteiger partial charge is 0.0571 e. The van der Waals surface area contributed by atoms with E-state index < -0.39 is 5.41 Å². The maximum Gasteiger partial charge on any atom is 0.0571 e. The van der Waals surface area contributed by atoms with Crippen LogP contribution in [0.1, 0.15) is 22.3 Å². The molecule has 23 heavy (non-hydrogen) atoms. The number of benzene rings is 3. The van der Waals surface area contributed by atoms with Gasteiger partial charge in [0.25, 0.3) is 0 Å². The van der Waals surface area contributed by atoms with Gasteiger partial charge in [0.1, 0.15) is 0 Å². The van der Waals surface area contributed by atoms with Gasteiger partial charge in [0.05, 0.1) is 6.61 Å². The van der Waals surface area contributed by atoms with Crippen LogP contribution in [0.3, 0.4) is 0 Å². The molecule has 0 aromatic heterocycles. The first-order chi connectivity index (χ1) is 11.2. The molecule has 1 N–H and O–H groups in total. The van der Waals surface area contributed by atoms with Crippen molar-refractivity contribution < 1.29 is 5.11 Å². The van der Waals surface area contributed by atoms with Crippen molar-refractivity contribution in [3.05, 3.63) is 107 Å². The highest BCUT2D eigenvalue weighted by atomic mass is 16.3. The molecule has 3 aromatic carbocycles. The quantitative estimate of drug-likeness (QED) is 0.735. The number of aryl methyl sites for hydroxylation is 1. The summed E-state index contributed by atoms with van der Waals surface area (Å²) >= 11 is 0. The number of aliphatic hydroxyl groups excluding tert-OH is 1. The van der Waals surface area contributed by atoms with Crippen LogP contribution >= 0.6 is 0 Å². The fourth-order valence-electron chi connectivity index (χ4n) is 3.18. The highest BCUT2D eigenvalue weighted by Crippen LogP contribution is 2.35.